The number of aryl methyl sites for hydroxylation is 3. The maximum Gasteiger partial charge on any atom is 0.126 e. The van der Waals surface area contributed by atoms with Crippen molar-refractivity contribution in [2.75, 3.05) is 0 Å². The van der Waals surface area contributed by atoms with Gasteiger partial charge >= 0.3 is 0 Å². The second-order valence-corrected chi connectivity index (χ2v) is 5.99. The Morgan fingerprint density at radius 1 is 1.00 bits per heavy atom. The van der Waals surface area contributed by atoms with Gasteiger partial charge in [-0.15, -0.1) is 0 Å². The first-order valence-electron chi connectivity index (χ1n) is 6.91. The van der Waals surface area contributed by atoms with Crippen molar-refractivity contribution < 1.29 is 4.39 Å². The summed E-state index contributed by atoms with van der Waals surface area (Å²) >= 11 is 0. The van der Waals surface area contributed by atoms with Crippen LogP contribution in [0.1, 0.15) is 34.7 Å². The fourth-order valence-corrected chi connectivity index (χ4v) is 2.44. The molecule has 2 aromatic carbocycles. The van der Waals surface area contributed by atoms with Crippen molar-refractivity contribution in [1.29, 1.82) is 0 Å². The van der Waals surface area contributed by atoms with Crippen molar-refractivity contribution in [2.45, 2.75) is 39.7 Å². The molecule has 20 heavy (non-hydrogen) atoms. The van der Waals surface area contributed by atoms with E-state index in [4.69, 9.17) is 5.73 Å². The summed E-state index contributed by atoms with van der Waals surface area (Å²) in [6.07, 6.45) is 0.697. The second kappa shape index (κ2) is 5.37. The van der Waals surface area contributed by atoms with Crippen LogP contribution in [0.2, 0.25) is 0 Å². The molecular formula is C18H22FN. The third kappa shape index (κ3) is 3.07. The highest BCUT2D eigenvalue weighted by Crippen LogP contribution is 2.26. The van der Waals surface area contributed by atoms with Gasteiger partial charge in [-0.3, -0.25) is 0 Å². The largest absolute Gasteiger partial charge is 0.321 e. The van der Waals surface area contributed by atoms with E-state index in [9.17, 15) is 4.39 Å². The molecule has 106 valence electrons. The highest BCUT2D eigenvalue weighted by atomic mass is 19.1. The summed E-state index contributed by atoms with van der Waals surface area (Å²) in [4.78, 5) is 0. The third-order valence-electron chi connectivity index (χ3n) is 3.89. The van der Waals surface area contributed by atoms with E-state index < -0.39 is 5.54 Å². The molecule has 0 aromatic heterocycles. The molecule has 0 saturated heterocycles. The summed E-state index contributed by atoms with van der Waals surface area (Å²) in [5.41, 5.74) is 11.0. The minimum Gasteiger partial charge on any atom is -0.321 e. The zero-order valence-corrected chi connectivity index (χ0v) is 12.6. The Morgan fingerprint density at radius 2 is 1.65 bits per heavy atom. The van der Waals surface area contributed by atoms with E-state index in [0.29, 0.717) is 12.0 Å². The van der Waals surface area contributed by atoms with Crippen LogP contribution in [0.15, 0.2) is 36.4 Å². The molecule has 2 N–H and O–H groups in total. The van der Waals surface area contributed by atoms with E-state index >= 15 is 0 Å². The molecule has 0 bridgehead atoms. The first-order valence-corrected chi connectivity index (χ1v) is 6.91. The van der Waals surface area contributed by atoms with Crippen molar-refractivity contribution >= 4 is 0 Å². The molecule has 2 rings (SSSR count). The maximum absolute atomic E-state index is 13.7. The molecule has 0 spiro atoms. The Hall–Kier alpha value is -1.67. The molecule has 0 heterocycles. The lowest BCUT2D eigenvalue weighted by Crippen LogP contribution is -2.35. The molecule has 1 atom stereocenters. The molecule has 2 aromatic rings. The van der Waals surface area contributed by atoms with Crippen molar-refractivity contribution in [3.8, 4) is 0 Å². The van der Waals surface area contributed by atoms with Gasteiger partial charge < -0.3 is 5.73 Å². The summed E-state index contributed by atoms with van der Waals surface area (Å²) < 4.78 is 13.7. The smallest absolute Gasteiger partial charge is 0.126 e. The Balaban J connectivity index is 2.34. The number of rotatable bonds is 3. The number of hydrogen-bond donors (Lipinski definition) is 1. The monoisotopic (exact) mass is 271 g/mol. The fourth-order valence-electron chi connectivity index (χ4n) is 2.44. The zero-order chi connectivity index (χ0) is 14.9. The van der Waals surface area contributed by atoms with E-state index in [-0.39, 0.29) is 5.82 Å². The number of benzene rings is 2. The van der Waals surface area contributed by atoms with E-state index in [1.54, 1.807) is 19.1 Å². The number of hydrogen-bond acceptors (Lipinski definition) is 1. The Labute approximate surface area is 120 Å². The van der Waals surface area contributed by atoms with Crippen molar-refractivity contribution in [1.82, 2.24) is 0 Å². The van der Waals surface area contributed by atoms with Crippen LogP contribution in [0.3, 0.4) is 0 Å². The minimum absolute atomic E-state index is 0.194. The molecule has 0 saturated carbocycles. The van der Waals surface area contributed by atoms with Gasteiger partial charge in [-0.1, -0.05) is 35.9 Å². The standard InChI is InChI=1S/C18H22FN/c1-12-5-6-13(2)15(9-12)11-18(4,20)16-8-7-14(3)17(19)10-16/h5-10H,11,20H2,1-4H3. The Kier molecular flexibility index (Phi) is 3.96. The van der Waals surface area contributed by atoms with E-state index in [0.717, 1.165) is 5.56 Å². The summed E-state index contributed by atoms with van der Waals surface area (Å²) in [6, 6.07) is 11.6. The van der Waals surface area contributed by atoms with Crippen molar-refractivity contribution in [3.05, 3.63) is 70.0 Å². The van der Waals surface area contributed by atoms with E-state index in [1.165, 1.54) is 16.7 Å². The quantitative estimate of drug-likeness (QED) is 0.891. The average Bonchev–Trinajstić information content (AvgIpc) is 2.36. The van der Waals surface area contributed by atoms with Crippen LogP contribution in [0.5, 0.6) is 0 Å². The molecule has 0 radical (unpaired) electrons. The first-order chi connectivity index (χ1) is 9.29. The van der Waals surface area contributed by atoms with Crippen LogP contribution in [-0.2, 0) is 12.0 Å². The third-order valence-corrected chi connectivity index (χ3v) is 3.89. The van der Waals surface area contributed by atoms with Crippen LogP contribution < -0.4 is 5.73 Å². The average molecular weight is 271 g/mol. The summed E-state index contributed by atoms with van der Waals surface area (Å²) in [5.74, 6) is -0.194. The van der Waals surface area contributed by atoms with Crippen LogP contribution >= 0.6 is 0 Å². The molecule has 0 amide bonds. The number of halogens is 1. The van der Waals surface area contributed by atoms with E-state index in [2.05, 4.69) is 32.0 Å². The van der Waals surface area contributed by atoms with Gasteiger partial charge in [0.15, 0.2) is 0 Å². The van der Waals surface area contributed by atoms with Gasteiger partial charge in [0.05, 0.1) is 0 Å². The summed E-state index contributed by atoms with van der Waals surface area (Å²) in [6.45, 7) is 7.87. The molecule has 1 unspecified atom stereocenters. The van der Waals surface area contributed by atoms with Gasteiger partial charge in [-0.25, -0.2) is 4.39 Å². The van der Waals surface area contributed by atoms with Crippen LogP contribution in [0.25, 0.3) is 0 Å². The molecule has 0 aliphatic rings. The van der Waals surface area contributed by atoms with Crippen LogP contribution in [-0.4, -0.2) is 0 Å². The molecule has 1 nitrogen and oxygen atoms in total. The maximum atomic E-state index is 13.7. The topological polar surface area (TPSA) is 26.0 Å². The minimum atomic E-state index is -0.576. The molecule has 0 fully saturated rings. The highest BCUT2D eigenvalue weighted by Gasteiger charge is 2.23. The zero-order valence-electron chi connectivity index (χ0n) is 12.6. The van der Waals surface area contributed by atoms with E-state index in [1.807, 2.05) is 13.0 Å². The van der Waals surface area contributed by atoms with Crippen molar-refractivity contribution in [3.63, 3.8) is 0 Å². The van der Waals surface area contributed by atoms with Crippen LogP contribution in [0, 0.1) is 26.6 Å². The Morgan fingerprint density at radius 3 is 2.30 bits per heavy atom. The summed E-state index contributed by atoms with van der Waals surface area (Å²) in [5, 5.41) is 0. The van der Waals surface area contributed by atoms with Gasteiger partial charge in [0.25, 0.3) is 0 Å². The van der Waals surface area contributed by atoms with Gasteiger partial charge in [-0.2, -0.15) is 0 Å². The summed E-state index contributed by atoms with van der Waals surface area (Å²) in [7, 11) is 0. The predicted molar refractivity (Wildman–Crippen MR) is 82.3 cm³/mol. The van der Waals surface area contributed by atoms with Gasteiger partial charge in [0.1, 0.15) is 5.82 Å². The SMILES string of the molecule is Cc1ccc(C)c(CC(C)(N)c2ccc(C)c(F)c2)c1. The highest BCUT2D eigenvalue weighted by molar-refractivity contribution is 5.35. The van der Waals surface area contributed by atoms with Gasteiger partial charge in [-0.05, 0) is 62.4 Å². The van der Waals surface area contributed by atoms with Gasteiger partial charge in [0, 0.05) is 5.54 Å². The number of nitrogens with two attached hydrogens (primary N) is 1. The van der Waals surface area contributed by atoms with Gasteiger partial charge in [0.2, 0.25) is 0 Å². The predicted octanol–water partition coefficient (Wildman–Crippen LogP) is 4.17. The second-order valence-electron chi connectivity index (χ2n) is 5.99. The first kappa shape index (κ1) is 14.7. The fraction of sp³-hybridized carbons (Fsp3) is 0.333. The molecule has 0 aliphatic heterocycles. The molecule has 0 aliphatic carbocycles. The lowest BCUT2D eigenvalue weighted by molar-refractivity contribution is 0.484. The molecular weight excluding hydrogens is 249 g/mol. The van der Waals surface area contributed by atoms with Crippen LogP contribution in [0.4, 0.5) is 4.39 Å². The lowest BCUT2D eigenvalue weighted by Gasteiger charge is -2.27. The lowest BCUT2D eigenvalue weighted by atomic mass is 9.84. The van der Waals surface area contributed by atoms with Crippen molar-refractivity contribution in [2.24, 2.45) is 5.73 Å². The molecule has 2 heteroatoms. The Bertz CT molecular complexity index is 629. The normalized spacial score (nSPS) is 14.1.